The molecule has 0 saturated heterocycles. The van der Waals surface area contributed by atoms with Gasteiger partial charge < -0.3 is 15.4 Å². The van der Waals surface area contributed by atoms with Crippen molar-refractivity contribution in [2.75, 3.05) is 19.0 Å². The van der Waals surface area contributed by atoms with Crippen LogP contribution in [0.4, 0.5) is 5.69 Å². The second kappa shape index (κ2) is 8.84. The first-order valence-corrected chi connectivity index (χ1v) is 7.85. The fraction of sp³-hybridized carbons (Fsp3) is 0.167. The van der Waals surface area contributed by atoms with Crippen LogP contribution in [0.1, 0.15) is 15.9 Å². The lowest BCUT2D eigenvalue weighted by atomic mass is 10.1. The molecule has 0 saturated carbocycles. The molecule has 0 bridgehead atoms. The summed E-state index contributed by atoms with van der Waals surface area (Å²) >= 11 is 5.79. The van der Waals surface area contributed by atoms with Crippen LogP contribution >= 0.6 is 11.6 Å². The Hall–Kier alpha value is -2.86. The maximum absolute atomic E-state index is 12.1. The lowest BCUT2D eigenvalue weighted by Crippen LogP contribution is -2.31. The van der Waals surface area contributed by atoms with Crippen LogP contribution in [0.15, 0.2) is 48.5 Å². The summed E-state index contributed by atoms with van der Waals surface area (Å²) in [7, 11) is 1.26. The number of anilines is 1. The van der Waals surface area contributed by atoms with Gasteiger partial charge in [0.05, 0.1) is 13.5 Å². The molecule has 2 aromatic rings. The van der Waals surface area contributed by atoms with E-state index < -0.39 is 5.97 Å². The summed E-state index contributed by atoms with van der Waals surface area (Å²) in [5, 5.41) is 5.78. The quantitative estimate of drug-likeness (QED) is 0.775. The number of rotatable bonds is 6. The van der Waals surface area contributed by atoms with Gasteiger partial charge in [-0.3, -0.25) is 14.4 Å². The van der Waals surface area contributed by atoms with Gasteiger partial charge in [-0.15, -0.1) is 0 Å². The fourth-order valence-corrected chi connectivity index (χ4v) is 2.13. The molecule has 0 aliphatic carbocycles. The van der Waals surface area contributed by atoms with Crippen LogP contribution in [0.3, 0.4) is 0 Å². The van der Waals surface area contributed by atoms with Gasteiger partial charge in [0.1, 0.15) is 6.54 Å². The minimum absolute atomic E-state index is 0.127. The normalized spacial score (nSPS) is 10.0. The van der Waals surface area contributed by atoms with Gasteiger partial charge in [-0.1, -0.05) is 23.7 Å². The highest BCUT2D eigenvalue weighted by Gasteiger charge is 2.08. The van der Waals surface area contributed by atoms with E-state index in [-0.39, 0.29) is 24.8 Å². The number of hydrogen-bond donors (Lipinski definition) is 2. The zero-order valence-electron chi connectivity index (χ0n) is 13.5. The molecule has 7 heteroatoms. The number of hydrogen-bond acceptors (Lipinski definition) is 4. The van der Waals surface area contributed by atoms with E-state index in [2.05, 4.69) is 15.4 Å². The third-order valence-corrected chi connectivity index (χ3v) is 3.59. The molecule has 0 unspecified atom stereocenters. The van der Waals surface area contributed by atoms with Crippen LogP contribution in [0.5, 0.6) is 0 Å². The number of benzene rings is 2. The van der Waals surface area contributed by atoms with Gasteiger partial charge in [0, 0.05) is 16.3 Å². The number of halogens is 1. The molecule has 6 nitrogen and oxygen atoms in total. The van der Waals surface area contributed by atoms with Crippen LogP contribution in [0.25, 0.3) is 0 Å². The SMILES string of the molecule is COC(=O)CNC(=O)Cc1ccc(NC(=O)c2ccc(Cl)cc2)cc1. The molecule has 2 rings (SSSR count). The van der Waals surface area contributed by atoms with Crippen molar-refractivity contribution in [3.8, 4) is 0 Å². The lowest BCUT2D eigenvalue weighted by Gasteiger charge is -2.07. The van der Waals surface area contributed by atoms with Crippen molar-refractivity contribution in [3.05, 3.63) is 64.7 Å². The minimum Gasteiger partial charge on any atom is -0.468 e. The zero-order chi connectivity index (χ0) is 18.2. The second-order valence-electron chi connectivity index (χ2n) is 5.19. The number of amides is 2. The molecule has 130 valence electrons. The van der Waals surface area contributed by atoms with Gasteiger partial charge in [-0.05, 0) is 42.0 Å². The Bertz CT molecular complexity index is 758. The van der Waals surface area contributed by atoms with E-state index in [1.165, 1.54) is 7.11 Å². The average Bonchev–Trinajstić information content (AvgIpc) is 2.61. The van der Waals surface area contributed by atoms with Crippen LogP contribution in [0.2, 0.25) is 5.02 Å². The van der Waals surface area contributed by atoms with Crippen molar-refractivity contribution in [2.45, 2.75) is 6.42 Å². The van der Waals surface area contributed by atoms with Crippen LogP contribution in [-0.4, -0.2) is 31.4 Å². The molecule has 2 aromatic carbocycles. The molecule has 0 fully saturated rings. The Balaban J connectivity index is 1.89. The Morgan fingerprint density at radius 2 is 1.64 bits per heavy atom. The highest BCUT2D eigenvalue weighted by Crippen LogP contribution is 2.14. The molecule has 0 heterocycles. The summed E-state index contributed by atoms with van der Waals surface area (Å²) in [5.41, 5.74) is 1.86. The maximum Gasteiger partial charge on any atom is 0.325 e. The van der Waals surface area contributed by atoms with E-state index in [9.17, 15) is 14.4 Å². The van der Waals surface area contributed by atoms with Crippen molar-refractivity contribution in [1.82, 2.24) is 5.32 Å². The molecule has 0 atom stereocenters. The van der Waals surface area contributed by atoms with Gasteiger partial charge in [0.25, 0.3) is 5.91 Å². The summed E-state index contributed by atoms with van der Waals surface area (Å²) in [6.07, 6.45) is 0.127. The third-order valence-electron chi connectivity index (χ3n) is 3.34. The predicted molar refractivity (Wildman–Crippen MR) is 94.6 cm³/mol. The van der Waals surface area contributed by atoms with E-state index in [0.29, 0.717) is 16.3 Å². The number of ether oxygens (including phenoxy) is 1. The van der Waals surface area contributed by atoms with Crippen molar-refractivity contribution < 1.29 is 19.1 Å². The molecule has 0 aliphatic heterocycles. The van der Waals surface area contributed by atoms with Crippen molar-refractivity contribution >= 4 is 35.1 Å². The van der Waals surface area contributed by atoms with Gasteiger partial charge in [0.2, 0.25) is 5.91 Å². The monoisotopic (exact) mass is 360 g/mol. The zero-order valence-corrected chi connectivity index (χ0v) is 14.3. The Morgan fingerprint density at radius 1 is 1.00 bits per heavy atom. The van der Waals surface area contributed by atoms with E-state index >= 15 is 0 Å². The molecule has 0 aliphatic rings. The lowest BCUT2D eigenvalue weighted by molar-refractivity contribution is -0.141. The van der Waals surface area contributed by atoms with E-state index in [0.717, 1.165) is 5.56 Å². The molecular weight excluding hydrogens is 344 g/mol. The first-order chi connectivity index (χ1) is 12.0. The number of carbonyl (C=O) groups is 3. The molecule has 0 spiro atoms. The maximum atomic E-state index is 12.1. The summed E-state index contributed by atoms with van der Waals surface area (Å²) in [4.78, 5) is 34.8. The van der Waals surface area contributed by atoms with Crippen LogP contribution in [0, 0.1) is 0 Å². The van der Waals surface area contributed by atoms with E-state index in [1.807, 2.05) is 0 Å². The number of carbonyl (C=O) groups excluding carboxylic acids is 3. The Kier molecular flexibility index (Phi) is 6.54. The first-order valence-electron chi connectivity index (χ1n) is 7.47. The third kappa shape index (κ3) is 5.93. The summed E-state index contributed by atoms with van der Waals surface area (Å²) in [6.45, 7) is -0.162. The van der Waals surface area contributed by atoms with Crippen LogP contribution < -0.4 is 10.6 Å². The molecule has 0 radical (unpaired) electrons. The highest BCUT2D eigenvalue weighted by molar-refractivity contribution is 6.30. The highest BCUT2D eigenvalue weighted by atomic mass is 35.5. The van der Waals surface area contributed by atoms with Gasteiger partial charge >= 0.3 is 5.97 Å². The van der Waals surface area contributed by atoms with Crippen LogP contribution in [-0.2, 0) is 20.7 Å². The second-order valence-corrected chi connectivity index (χ2v) is 5.62. The van der Waals surface area contributed by atoms with Crippen molar-refractivity contribution in [1.29, 1.82) is 0 Å². The summed E-state index contributed by atoms with van der Waals surface area (Å²) in [5.74, 6) is -1.04. The largest absolute Gasteiger partial charge is 0.468 e. The van der Waals surface area contributed by atoms with Gasteiger partial charge in [-0.25, -0.2) is 0 Å². The van der Waals surface area contributed by atoms with Crippen molar-refractivity contribution in [3.63, 3.8) is 0 Å². The molecular formula is C18H17ClN2O4. The molecule has 0 aromatic heterocycles. The topological polar surface area (TPSA) is 84.5 Å². The van der Waals surface area contributed by atoms with Gasteiger partial charge in [-0.2, -0.15) is 0 Å². The molecule has 2 N–H and O–H groups in total. The minimum atomic E-state index is -0.506. The molecule has 2 amide bonds. The van der Waals surface area contributed by atoms with Gasteiger partial charge in [0.15, 0.2) is 0 Å². The van der Waals surface area contributed by atoms with E-state index in [4.69, 9.17) is 11.6 Å². The predicted octanol–water partition coefficient (Wildman–Crippen LogP) is 2.42. The standard InChI is InChI=1S/C18H17ClN2O4/c1-25-17(23)11-20-16(22)10-12-2-8-15(9-3-12)21-18(24)13-4-6-14(19)7-5-13/h2-9H,10-11H2,1H3,(H,20,22)(H,21,24). The summed E-state index contributed by atoms with van der Waals surface area (Å²) in [6, 6.07) is 13.4. The first kappa shape index (κ1) is 18.5. The average molecular weight is 361 g/mol. The Labute approximate surface area is 150 Å². The molecule has 25 heavy (non-hydrogen) atoms. The fourth-order valence-electron chi connectivity index (χ4n) is 2.00. The summed E-state index contributed by atoms with van der Waals surface area (Å²) < 4.78 is 4.45. The number of esters is 1. The Morgan fingerprint density at radius 3 is 2.24 bits per heavy atom. The number of nitrogens with one attached hydrogen (secondary N) is 2. The van der Waals surface area contributed by atoms with Crippen molar-refractivity contribution in [2.24, 2.45) is 0 Å². The number of methoxy groups -OCH3 is 1. The smallest absolute Gasteiger partial charge is 0.325 e. The van der Waals surface area contributed by atoms with E-state index in [1.54, 1.807) is 48.5 Å².